The van der Waals surface area contributed by atoms with E-state index in [2.05, 4.69) is 80.7 Å². The maximum absolute atomic E-state index is 12.7. The Bertz CT molecular complexity index is 1290. The molecule has 0 aliphatic carbocycles. The van der Waals surface area contributed by atoms with Gasteiger partial charge in [-0.1, -0.05) is 176 Å². The van der Waals surface area contributed by atoms with Crippen molar-refractivity contribution in [1.82, 2.24) is 0 Å². The van der Waals surface area contributed by atoms with Crippen LogP contribution in [0.5, 0.6) is 0 Å². The van der Waals surface area contributed by atoms with Crippen molar-refractivity contribution >= 4 is 19.8 Å². The zero-order valence-corrected chi connectivity index (χ0v) is 39.6. The number of phosphoric ester groups is 1. The van der Waals surface area contributed by atoms with E-state index in [0.29, 0.717) is 23.9 Å². The molecule has 0 saturated heterocycles. The number of nitrogens with zero attached hydrogens (tertiary/aromatic N) is 1. The monoisotopic (exact) mass is 861 g/mol. The number of carbonyl (C=O) groups is 2. The summed E-state index contributed by atoms with van der Waals surface area (Å²) >= 11 is 0. The molecule has 2 unspecified atom stereocenters. The molecule has 2 atom stereocenters. The first kappa shape index (κ1) is 57.2. The zero-order valence-electron chi connectivity index (χ0n) is 38.7. The van der Waals surface area contributed by atoms with E-state index < -0.39 is 32.5 Å². The number of hydrogen-bond donors (Lipinski definition) is 1. The van der Waals surface area contributed by atoms with Crippen LogP contribution in [0.2, 0.25) is 0 Å². The predicted octanol–water partition coefficient (Wildman–Crippen LogP) is 13.6. The molecule has 0 amide bonds. The number of unbranched alkanes of at least 4 members (excludes halogenated alkanes) is 13. The maximum atomic E-state index is 12.7. The van der Waals surface area contributed by atoms with Gasteiger partial charge in [-0.05, 0) is 64.2 Å². The summed E-state index contributed by atoms with van der Waals surface area (Å²) in [5, 5.41) is 0. The molecule has 0 radical (unpaired) electrons. The minimum absolute atomic E-state index is 0.00947. The van der Waals surface area contributed by atoms with Crippen LogP contribution in [-0.2, 0) is 32.7 Å². The molecule has 0 saturated carbocycles. The highest BCUT2D eigenvalue weighted by Crippen LogP contribution is 2.43. The fourth-order valence-electron chi connectivity index (χ4n) is 5.82. The lowest BCUT2D eigenvalue weighted by atomic mass is 10.0. The smallest absolute Gasteiger partial charge is 0.462 e. The van der Waals surface area contributed by atoms with Crippen molar-refractivity contribution in [3.63, 3.8) is 0 Å². The van der Waals surface area contributed by atoms with Crippen LogP contribution in [-0.4, -0.2) is 74.9 Å². The van der Waals surface area contributed by atoms with Gasteiger partial charge in [-0.2, -0.15) is 0 Å². The van der Waals surface area contributed by atoms with Gasteiger partial charge in [0, 0.05) is 12.8 Å². The minimum atomic E-state index is -4.41. The molecule has 0 bridgehead atoms. The molecule has 0 aromatic heterocycles. The molecule has 10 heteroatoms. The number of phosphoric acid groups is 1. The summed E-state index contributed by atoms with van der Waals surface area (Å²) in [5.41, 5.74) is 0. The van der Waals surface area contributed by atoms with E-state index in [-0.39, 0.29) is 26.1 Å². The number of likely N-dealkylation sites (N-methyl/N-ethyl adjacent to an activating group) is 1. The molecule has 9 nitrogen and oxygen atoms in total. The molecular formula is C50H87NO8P+. The van der Waals surface area contributed by atoms with Crippen molar-refractivity contribution in [3.05, 3.63) is 85.1 Å². The van der Waals surface area contributed by atoms with Crippen molar-refractivity contribution in [1.29, 1.82) is 0 Å². The molecule has 0 fully saturated rings. The Morgan fingerprint density at radius 1 is 0.533 bits per heavy atom. The Balaban J connectivity index is 4.50. The quantitative estimate of drug-likeness (QED) is 0.0213. The van der Waals surface area contributed by atoms with Crippen LogP contribution < -0.4 is 0 Å². The van der Waals surface area contributed by atoms with Crippen molar-refractivity contribution in [2.75, 3.05) is 47.5 Å². The SMILES string of the molecule is CC/C=C\C/C=C\C/C=C\C/C=C\C/C=C\C/C=C\CCC(=O)OC(COC(=O)CC/C=C\CCCCCCCCCCCCCCC)COP(=O)(O)OCC[N+](C)(C)C. The molecule has 0 aromatic rings. The Morgan fingerprint density at radius 3 is 1.43 bits per heavy atom. The third-order valence-electron chi connectivity index (χ3n) is 9.44. The van der Waals surface area contributed by atoms with E-state index in [0.717, 1.165) is 51.4 Å². The predicted molar refractivity (Wildman–Crippen MR) is 252 cm³/mol. The van der Waals surface area contributed by atoms with Crippen molar-refractivity contribution in [2.24, 2.45) is 0 Å². The van der Waals surface area contributed by atoms with Crippen LogP contribution >= 0.6 is 7.82 Å². The summed E-state index contributed by atoms with van der Waals surface area (Å²) in [7, 11) is 1.40. The Hall–Kier alpha value is -2.81. The van der Waals surface area contributed by atoms with Crippen LogP contribution in [0.1, 0.15) is 168 Å². The Morgan fingerprint density at radius 2 is 0.950 bits per heavy atom. The van der Waals surface area contributed by atoms with Crippen molar-refractivity contribution in [2.45, 2.75) is 174 Å². The second kappa shape index (κ2) is 41.5. The summed E-state index contributed by atoms with van der Waals surface area (Å²) in [4.78, 5) is 35.4. The first-order valence-corrected chi connectivity index (χ1v) is 24.8. The van der Waals surface area contributed by atoms with E-state index in [1.807, 2.05) is 39.4 Å². The Labute approximate surface area is 367 Å². The van der Waals surface area contributed by atoms with Crippen molar-refractivity contribution < 1.29 is 42.1 Å². The standard InChI is InChI=1S/C50H86NO8P/c1-6-8-10-12-14-16-18-20-22-24-25-27-29-31-33-35-37-39-41-43-50(53)59-48(47-58-60(54,55)57-45-44-51(3,4)5)46-56-49(52)42-40-38-36-34-32-30-28-26-23-21-19-17-15-13-11-9-7-2/h8,10,14,16,20,22,25,27,31,33,36-39,48H,6-7,9,11-13,15,17-19,21,23-24,26,28-30,32,34-35,40-47H2,1-5H3/p+1/b10-8-,16-14-,22-20-,27-25-,33-31-,38-36-,39-37-. The first-order chi connectivity index (χ1) is 29.0. The van der Waals surface area contributed by atoms with Gasteiger partial charge in [-0.3, -0.25) is 18.6 Å². The molecule has 1 N–H and O–H groups in total. The van der Waals surface area contributed by atoms with E-state index in [1.54, 1.807) is 0 Å². The van der Waals surface area contributed by atoms with Gasteiger partial charge < -0.3 is 18.9 Å². The van der Waals surface area contributed by atoms with E-state index in [9.17, 15) is 19.0 Å². The second-order valence-corrected chi connectivity index (χ2v) is 17.9. The van der Waals surface area contributed by atoms with Gasteiger partial charge in [0.25, 0.3) is 0 Å². The van der Waals surface area contributed by atoms with E-state index in [4.69, 9.17) is 18.5 Å². The van der Waals surface area contributed by atoms with Crippen molar-refractivity contribution in [3.8, 4) is 0 Å². The highest BCUT2D eigenvalue weighted by Gasteiger charge is 2.27. The normalized spacial score (nSPS) is 14.3. The largest absolute Gasteiger partial charge is 0.472 e. The summed E-state index contributed by atoms with van der Waals surface area (Å²) in [6.07, 6.45) is 53.8. The number of hydrogen-bond acceptors (Lipinski definition) is 7. The van der Waals surface area contributed by atoms with Gasteiger partial charge in [-0.15, -0.1) is 0 Å². The van der Waals surface area contributed by atoms with Gasteiger partial charge in [0.05, 0.1) is 27.7 Å². The maximum Gasteiger partial charge on any atom is 0.472 e. The van der Waals surface area contributed by atoms with Crippen LogP contribution in [0.15, 0.2) is 85.1 Å². The molecule has 0 heterocycles. The summed E-state index contributed by atoms with van der Waals surface area (Å²) in [6.45, 7) is 4.17. The highest BCUT2D eigenvalue weighted by atomic mass is 31.2. The third-order valence-corrected chi connectivity index (χ3v) is 10.4. The molecule has 344 valence electrons. The average molecular weight is 861 g/mol. The minimum Gasteiger partial charge on any atom is -0.462 e. The number of rotatable bonds is 41. The lowest BCUT2D eigenvalue weighted by molar-refractivity contribution is -0.870. The van der Waals surface area contributed by atoms with Gasteiger partial charge in [0.2, 0.25) is 0 Å². The lowest BCUT2D eigenvalue weighted by Gasteiger charge is -2.24. The average Bonchev–Trinajstić information content (AvgIpc) is 3.20. The van der Waals surface area contributed by atoms with E-state index >= 15 is 0 Å². The second-order valence-electron chi connectivity index (χ2n) is 16.4. The van der Waals surface area contributed by atoms with E-state index in [1.165, 1.54) is 77.0 Å². The third kappa shape index (κ3) is 44.7. The highest BCUT2D eigenvalue weighted by molar-refractivity contribution is 7.47. The topological polar surface area (TPSA) is 108 Å². The molecule has 0 aliphatic rings. The van der Waals surface area contributed by atoms with Crippen LogP contribution in [0.4, 0.5) is 0 Å². The van der Waals surface area contributed by atoms with Crippen LogP contribution in [0.3, 0.4) is 0 Å². The fourth-order valence-corrected chi connectivity index (χ4v) is 6.56. The fraction of sp³-hybridized carbons (Fsp3) is 0.680. The molecule has 0 aliphatic heterocycles. The zero-order chi connectivity index (χ0) is 44.3. The molecule has 60 heavy (non-hydrogen) atoms. The number of quaternary nitrogens is 1. The molecular weight excluding hydrogens is 774 g/mol. The Kier molecular flexibility index (Phi) is 39.6. The van der Waals surface area contributed by atoms with Crippen LogP contribution in [0.25, 0.3) is 0 Å². The number of ether oxygens (including phenoxy) is 2. The van der Waals surface area contributed by atoms with Gasteiger partial charge in [-0.25, -0.2) is 4.57 Å². The van der Waals surface area contributed by atoms with Gasteiger partial charge >= 0.3 is 19.8 Å². The first-order valence-electron chi connectivity index (χ1n) is 23.3. The molecule has 0 spiro atoms. The number of allylic oxidation sites excluding steroid dienone is 14. The van der Waals surface area contributed by atoms with Gasteiger partial charge in [0.1, 0.15) is 19.8 Å². The molecule has 0 aromatic carbocycles. The summed E-state index contributed by atoms with van der Waals surface area (Å²) in [6, 6.07) is 0. The summed E-state index contributed by atoms with van der Waals surface area (Å²) in [5.74, 6) is -0.958. The molecule has 0 rings (SSSR count). The lowest BCUT2D eigenvalue weighted by Crippen LogP contribution is -2.37. The number of carbonyl (C=O) groups excluding carboxylic acids is 2. The van der Waals surface area contributed by atoms with Crippen LogP contribution in [0, 0.1) is 0 Å². The summed E-state index contributed by atoms with van der Waals surface area (Å²) < 4.78 is 34.2. The van der Waals surface area contributed by atoms with Gasteiger partial charge in [0.15, 0.2) is 6.10 Å². The number of esters is 2.